The van der Waals surface area contributed by atoms with Crippen LogP contribution in [0.3, 0.4) is 0 Å². The molecule has 0 saturated heterocycles. The van der Waals surface area contributed by atoms with E-state index in [-0.39, 0.29) is 6.04 Å². The van der Waals surface area contributed by atoms with Crippen molar-refractivity contribution in [2.75, 3.05) is 26.2 Å². The Bertz CT molecular complexity index is 414. The minimum Gasteiger partial charge on any atom is -0.363 e. The summed E-state index contributed by atoms with van der Waals surface area (Å²) in [5.41, 5.74) is 1.02. The molecule has 0 saturated carbocycles. The van der Waals surface area contributed by atoms with Crippen molar-refractivity contribution < 1.29 is 0 Å². The van der Waals surface area contributed by atoms with E-state index in [4.69, 9.17) is 12.2 Å². The molecule has 0 aliphatic rings. The number of aromatic nitrogens is 2. The van der Waals surface area contributed by atoms with Gasteiger partial charge in [-0.1, -0.05) is 13.8 Å². The van der Waals surface area contributed by atoms with Crippen molar-refractivity contribution in [2.45, 2.75) is 46.7 Å². The van der Waals surface area contributed by atoms with Crippen LogP contribution in [-0.4, -0.2) is 46.0 Å². The molecule has 6 heteroatoms. The van der Waals surface area contributed by atoms with Crippen molar-refractivity contribution in [2.24, 2.45) is 0 Å². The van der Waals surface area contributed by atoms with Crippen LogP contribution in [0.15, 0.2) is 12.3 Å². The number of hydrogen-bond acceptors (Lipinski definition) is 3. The summed E-state index contributed by atoms with van der Waals surface area (Å²) >= 11 is 5.33. The Labute approximate surface area is 134 Å². The molecule has 1 rings (SSSR count). The van der Waals surface area contributed by atoms with Crippen molar-refractivity contribution in [1.82, 2.24) is 25.3 Å². The predicted molar refractivity (Wildman–Crippen MR) is 92.5 cm³/mol. The number of hydrogen-bond donors (Lipinski definition) is 2. The third-order valence-electron chi connectivity index (χ3n) is 3.61. The molecule has 1 unspecified atom stereocenters. The van der Waals surface area contributed by atoms with Gasteiger partial charge >= 0.3 is 0 Å². The maximum Gasteiger partial charge on any atom is 0.166 e. The van der Waals surface area contributed by atoms with Crippen molar-refractivity contribution in [3.8, 4) is 0 Å². The van der Waals surface area contributed by atoms with Crippen LogP contribution in [0.1, 0.15) is 45.9 Å². The zero-order valence-electron chi connectivity index (χ0n) is 13.7. The fraction of sp³-hybridized carbons (Fsp3) is 0.733. The Hall–Kier alpha value is -1.14. The molecule has 2 N–H and O–H groups in total. The molecule has 5 nitrogen and oxygen atoms in total. The van der Waals surface area contributed by atoms with E-state index >= 15 is 0 Å². The molecular formula is C15H29N5S. The molecular weight excluding hydrogens is 282 g/mol. The molecule has 1 aromatic heterocycles. The average Bonchev–Trinajstić information content (AvgIpc) is 2.96. The van der Waals surface area contributed by atoms with Crippen LogP contribution >= 0.6 is 12.2 Å². The lowest BCUT2D eigenvalue weighted by molar-refractivity contribution is 0.300. The Balaban J connectivity index is 2.23. The number of rotatable bonds is 9. The van der Waals surface area contributed by atoms with Gasteiger partial charge in [0.25, 0.3) is 0 Å². The second-order valence-electron chi connectivity index (χ2n) is 5.10. The van der Waals surface area contributed by atoms with Gasteiger partial charge in [-0.15, -0.1) is 0 Å². The van der Waals surface area contributed by atoms with Crippen molar-refractivity contribution in [3.05, 3.63) is 18.0 Å². The lowest BCUT2D eigenvalue weighted by atomic mass is 10.2. The van der Waals surface area contributed by atoms with Crippen LogP contribution in [-0.2, 0) is 6.54 Å². The van der Waals surface area contributed by atoms with Crippen LogP contribution in [0, 0.1) is 0 Å². The van der Waals surface area contributed by atoms with Crippen LogP contribution < -0.4 is 10.6 Å². The normalized spacial score (nSPS) is 12.4. The summed E-state index contributed by atoms with van der Waals surface area (Å²) < 4.78 is 1.92. The highest BCUT2D eigenvalue weighted by molar-refractivity contribution is 7.80. The first-order valence-corrected chi connectivity index (χ1v) is 8.31. The fourth-order valence-electron chi connectivity index (χ4n) is 2.15. The smallest absolute Gasteiger partial charge is 0.166 e. The van der Waals surface area contributed by atoms with E-state index in [2.05, 4.69) is 48.3 Å². The minimum atomic E-state index is 0.126. The van der Waals surface area contributed by atoms with E-state index < -0.39 is 0 Å². The fourth-order valence-corrected chi connectivity index (χ4v) is 2.43. The molecule has 1 atom stereocenters. The van der Waals surface area contributed by atoms with Gasteiger partial charge in [-0.25, -0.2) is 0 Å². The molecule has 0 aliphatic carbocycles. The molecule has 0 aromatic carbocycles. The van der Waals surface area contributed by atoms with Gasteiger partial charge in [0.15, 0.2) is 5.11 Å². The summed E-state index contributed by atoms with van der Waals surface area (Å²) in [7, 11) is 0. The van der Waals surface area contributed by atoms with Gasteiger partial charge in [0.05, 0.1) is 11.7 Å². The molecule has 0 spiro atoms. The highest BCUT2D eigenvalue weighted by Crippen LogP contribution is 2.08. The van der Waals surface area contributed by atoms with Gasteiger partial charge in [-0.05, 0) is 58.2 Å². The first kappa shape index (κ1) is 17.9. The van der Waals surface area contributed by atoms with E-state index in [0.29, 0.717) is 5.11 Å². The van der Waals surface area contributed by atoms with Gasteiger partial charge in [-0.2, -0.15) is 5.10 Å². The maximum atomic E-state index is 5.33. The van der Waals surface area contributed by atoms with Crippen LogP contribution in [0.25, 0.3) is 0 Å². The molecule has 21 heavy (non-hydrogen) atoms. The molecule has 0 aliphatic heterocycles. The molecule has 1 heterocycles. The lowest BCUT2D eigenvalue weighted by Crippen LogP contribution is -2.38. The zero-order chi connectivity index (χ0) is 15.7. The summed E-state index contributed by atoms with van der Waals surface area (Å²) in [5.74, 6) is 0. The zero-order valence-corrected chi connectivity index (χ0v) is 14.5. The van der Waals surface area contributed by atoms with Crippen LogP contribution in [0.5, 0.6) is 0 Å². The lowest BCUT2D eigenvalue weighted by Gasteiger charge is -2.19. The van der Waals surface area contributed by atoms with E-state index in [1.165, 1.54) is 0 Å². The van der Waals surface area contributed by atoms with E-state index in [1.54, 1.807) is 0 Å². The number of nitrogens with one attached hydrogen (secondary N) is 2. The first-order chi connectivity index (χ1) is 10.1. The third kappa shape index (κ3) is 6.44. The van der Waals surface area contributed by atoms with E-state index in [0.717, 1.165) is 44.8 Å². The predicted octanol–water partition coefficient (Wildman–Crippen LogP) is 2.16. The second kappa shape index (κ2) is 9.73. The Morgan fingerprint density at radius 3 is 2.67 bits per heavy atom. The summed E-state index contributed by atoms with van der Waals surface area (Å²) in [5, 5.41) is 11.7. The summed E-state index contributed by atoms with van der Waals surface area (Å²) in [6.07, 6.45) is 3.09. The topological polar surface area (TPSA) is 45.1 Å². The van der Waals surface area contributed by atoms with Gasteiger partial charge in [0.2, 0.25) is 0 Å². The van der Waals surface area contributed by atoms with Crippen molar-refractivity contribution in [3.63, 3.8) is 0 Å². The number of nitrogens with zero attached hydrogens (tertiary/aromatic N) is 3. The largest absolute Gasteiger partial charge is 0.363 e. The molecule has 0 fully saturated rings. The van der Waals surface area contributed by atoms with E-state index in [1.807, 2.05) is 16.9 Å². The highest BCUT2D eigenvalue weighted by atomic mass is 32.1. The third-order valence-corrected chi connectivity index (χ3v) is 3.87. The van der Waals surface area contributed by atoms with Crippen molar-refractivity contribution in [1.29, 1.82) is 0 Å². The summed E-state index contributed by atoms with van der Waals surface area (Å²) in [6.45, 7) is 13.7. The quantitative estimate of drug-likeness (QED) is 0.540. The monoisotopic (exact) mass is 311 g/mol. The number of thiocarbonyl (C=S) groups is 1. The Morgan fingerprint density at radius 2 is 2.10 bits per heavy atom. The maximum absolute atomic E-state index is 5.33. The summed E-state index contributed by atoms with van der Waals surface area (Å²) in [4.78, 5) is 2.41. The summed E-state index contributed by atoms with van der Waals surface area (Å²) in [6, 6.07) is 2.16. The number of aryl methyl sites for hydroxylation is 1. The Morgan fingerprint density at radius 1 is 1.38 bits per heavy atom. The SMILES string of the molecule is CCN(CC)CCCNC(=S)NC(C)c1ccn(CC)n1. The second-order valence-corrected chi connectivity index (χ2v) is 5.51. The molecule has 120 valence electrons. The first-order valence-electron chi connectivity index (χ1n) is 7.90. The highest BCUT2D eigenvalue weighted by Gasteiger charge is 2.09. The van der Waals surface area contributed by atoms with Crippen LogP contribution in [0.2, 0.25) is 0 Å². The molecule has 0 bridgehead atoms. The molecule has 0 radical (unpaired) electrons. The molecule has 1 aromatic rings. The van der Waals surface area contributed by atoms with Gasteiger partial charge in [0.1, 0.15) is 0 Å². The molecule has 0 amide bonds. The van der Waals surface area contributed by atoms with Gasteiger partial charge in [0, 0.05) is 19.3 Å². The Kier molecular flexibility index (Phi) is 8.30. The van der Waals surface area contributed by atoms with Crippen LogP contribution in [0.4, 0.5) is 0 Å². The standard InChI is InChI=1S/C15H29N5S/c1-5-19(6-2)11-8-10-16-15(21)17-13(4)14-9-12-20(7-3)18-14/h9,12-13H,5-8,10-11H2,1-4H3,(H2,16,17,21). The van der Waals surface area contributed by atoms with E-state index in [9.17, 15) is 0 Å². The average molecular weight is 311 g/mol. The minimum absolute atomic E-state index is 0.126. The van der Waals surface area contributed by atoms with Crippen molar-refractivity contribution >= 4 is 17.3 Å². The van der Waals surface area contributed by atoms with Gasteiger partial charge in [-0.3, -0.25) is 4.68 Å². The van der Waals surface area contributed by atoms with Gasteiger partial charge < -0.3 is 15.5 Å².